The van der Waals surface area contributed by atoms with E-state index in [1.54, 1.807) is 12.4 Å². The molecule has 0 saturated heterocycles. The monoisotopic (exact) mass is 264 g/mol. The lowest BCUT2D eigenvalue weighted by atomic mass is 10.2. The number of aromatic nitrogens is 3. The Kier molecular flexibility index (Phi) is 4.09. The van der Waals surface area contributed by atoms with E-state index in [9.17, 15) is 4.79 Å². The van der Waals surface area contributed by atoms with Crippen LogP contribution in [0.1, 0.15) is 40.1 Å². The van der Waals surface area contributed by atoms with E-state index < -0.39 is 0 Å². The van der Waals surface area contributed by atoms with Gasteiger partial charge in [0.2, 0.25) is 5.95 Å². The Hall–Kier alpha value is -1.69. The predicted molar refractivity (Wildman–Crippen MR) is 72.0 cm³/mol. The molecular weight excluding hydrogens is 248 g/mol. The fourth-order valence-corrected chi connectivity index (χ4v) is 2.52. The number of amides is 1. The van der Waals surface area contributed by atoms with E-state index in [0.717, 1.165) is 30.0 Å². The maximum absolute atomic E-state index is 12.1. The molecule has 0 saturated carbocycles. The molecule has 2 rings (SSSR count). The van der Waals surface area contributed by atoms with Crippen LogP contribution in [0.4, 0.5) is 5.95 Å². The average Bonchev–Trinajstić information content (AvgIpc) is 2.96. The van der Waals surface area contributed by atoms with Gasteiger partial charge in [0.05, 0.1) is 10.7 Å². The molecule has 0 spiro atoms. The minimum Gasteiger partial charge on any atom is -0.331 e. The Labute approximate surface area is 110 Å². The van der Waals surface area contributed by atoms with Gasteiger partial charge in [-0.1, -0.05) is 13.3 Å². The second-order valence-corrected chi connectivity index (χ2v) is 5.21. The van der Waals surface area contributed by atoms with Crippen molar-refractivity contribution in [2.75, 3.05) is 5.32 Å². The Morgan fingerprint density at radius 2 is 2.39 bits per heavy atom. The number of nitrogens with zero attached hydrogens (tertiary/aromatic N) is 2. The van der Waals surface area contributed by atoms with Crippen LogP contribution in [0.3, 0.4) is 0 Å². The van der Waals surface area contributed by atoms with Gasteiger partial charge >= 0.3 is 0 Å². The molecule has 18 heavy (non-hydrogen) atoms. The molecule has 0 atom stereocenters. The molecule has 0 bridgehead atoms. The van der Waals surface area contributed by atoms with Crippen molar-refractivity contribution in [2.45, 2.75) is 33.1 Å². The number of aryl methyl sites for hydroxylation is 2. The zero-order valence-corrected chi connectivity index (χ0v) is 11.3. The zero-order valence-electron chi connectivity index (χ0n) is 10.5. The molecule has 2 heterocycles. The van der Waals surface area contributed by atoms with E-state index in [1.807, 2.05) is 6.92 Å². The van der Waals surface area contributed by atoms with Crippen LogP contribution in [0.25, 0.3) is 0 Å². The topological polar surface area (TPSA) is 70.7 Å². The number of nitrogens with one attached hydrogen (secondary N) is 2. The first-order valence-corrected chi connectivity index (χ1v) is 6.79. The molecule has 2 N–H and O–H groups in total. The van der Waals surface area contributed by atoms with Gasteiger partial charge < -0.3 is 4.98 Å². The van der Waals surface area contributed by atoms with Crippen molar-refractivity contribution in [3.63, 3.8) is 0 Å². The second-order valence-electron chi connectivity index (χ2n) is 4.00. The van der Waals surface area contributed by atoms with Crippen LogP contribution >= 0.6 is 11.3 Å². The third kappa shape index (κ3) is 2.95. The molecule has 0 aliphatic carbocycles. The van der Waals surface area contributed by atoms with Crippen molar-refractivity contribution >= 4 is 23.2 Å². The summed E-state index contributed by atoms with van der Waals surface area (Å²) in [6, 6.07) is 0. The van der Waals surface area contributed by atoms with Gasteiger partial charge in [-0.3, -0.25) is 10.1 Å². The Morgan fingerprint density at radius 3 is 3.06 bits per heavy atom. The molecule has 6 heteroatoms. The number of imidazole rings is 1. The van der Waals surface area contributed by atoms with Crippen molar-refractivity contribution in [3.8, 4) is 0 Å². The van der Waals surface area contributed by atoms with Crippen LogP contribution in [0.2, 0.25) is 0 Å². The van der Waals surface area contributed by atoms with Gasteiger partial charge in [-0.2, -0.15) is 0 Å². The third-order valence-electron chi connectivity index (χ3n) is 2.51. The lowest BCUT2D eigenvalue weighted by molar-refractivity contribution is 0.102. The van der Waals surface area contributed by atoms with E-state index in [0.29, 0.717) is 10.8 Å². The summed E-state index contributed by atoms with van der Waals surface area (Å²) in [6.45, 7) is 4.05. The number of thiazole rings is 1. The average molecular weight is 264 g/mol. The minimum absolute atomic E-state index is 0.137. The molecule has 0 aliphatic heterocycles. The Balaban J connectivity index is 2.13. The van der Waals surface area contributed by atoms with Crippen molar-refractivity contribution in [1.29, 1.82) is 0 Å². The number of H-pyrrole nitrogens is 1. The van der Waals surface area contributed by atoms with Crippen LogP contribution in [0.5, 0.6) is 0 Å². The number of anilines is 1. The third-order valence-corrected chi connectivity index (χ3v) is 3.52. The molecule has 0 fully saturated rings. The van der Waals surface area contributed by atoms with E-state index in [2.05, 4.69) is 27.2 Å². The molecular formula is C12H16N4OS. The standard InChI is InChI=1S/C12H16N4OS/c1-3-4-5-9-10(18-8(2)15-9)11(17)16-12-13-6-7-14-12/h6-7H,3-5H2,1-2H3,(H2,13,14,16,17). The molecule has 96 valence electrons. The molecule has 0 aromatic carbocycles. The van der Waals surface area contributed by atoms with Gasteiger partial charge in [-0.15, -0.1) is 11.3 Å². The number of carbonyl (C=O) groups is 1. The molecule has 2 aromatic rings. The highest BCUT2D eigenvalue weighted by Gasteiger charge is 2.17. The first kappa shape index (κ1) is 12.8. The fraction of sp³-hybridized carbons (Fsp3) is 0.417. The summed E-state index contributed by atoms with van der Waals surface area (Å²) < 4.78 is 0. The van der Waals surface area contributed by atoms with Crippen LogP contribution in [0.15, 0.2) is 12.4 Å². The molecule has 5 nitrogen and oxygen atoms in total. The summed E-state index contributed by atoms with van der Waals surface area (Å²) >= 11 is 1.43. The molecule has 2 aromatic heterocycles. The van der Waals surface area contributed by atoms with Gasteiger partial charge in [0.15, 0.2) is 0 Å². The largest absolute Gasteiger partial charge is 0.331 e. The highest BCUT2D eigenvalue weighted by atomic mass is 32.1. The van der Waals surface area contributed by atoms with E-state index >= 15 is 0 Å². The summed E-state index contributed by atoms with van der Waals surface area (Å²) in [5.41, 5.74) is 0.892. The van der Waals surface area contributed by atoms with Gasteiger partial charge in [0.1, 0.15) is 4.88 Å². The predicted octanol–water partition coefficient (Wildman–Crippen LogP) is 2.77. The zero-order chi connectivity index (χ0) is 13.0. The van der Waals surface area contributed by atoms with E-state index in [-0.39, 0.29) is 5.91 Å². The molecule has 1 amide bonds. The van der Waals surface area contributed by atoms with Gasteiger partial charge in [-0.25, -0.2) is 9.97 Å². The summed E-state index contributed by atoms with van der Waals surface area (Å²) in [5.74, 6) is 0.328. The van der Waals surface area contributed by atoms with Gasteiger partial charge in [0.25, 0.3) is 5.91 Å². The van der Waals surface area contributed by atoms with Crippen molar-refractivity contribution in [3.05, 3.63) is 28.0 Å². The molecule has 0 radical (unpaired) electrons. The lowest BCUT2D eigenvalue weighted by Gasteiger charge is -2.01. The summed E-state index contributed by atoms with van der Waals surface area (Å²) in [6.07, 6.45) is 6.26. The highest BCUT2D eigenvalue weighted by Crippen LogP contribution is 2.20. The lowest BCUT2D eigenvalue weighted by Crippen LogP contribution is -2.13. The fourth-order valence-electron chi connectivity index (χ4n) is 1.66. The maximum Gasteiger partial charge on any atom is 0.269 e. The number of hydrogen-bond acceptors (Lipinski definition) is 4. The Morgan fingerprint density at radius 1 is 1.56 bits per heavy atom. The number of unbranched alkanes of at least 4 members (excludes halogenated alkanes) is 1. The second kappa shape index (κ2) is 5.77. The summed E-state index contributed by atoms with van der Waals surface area (Å²) in [5, 5.41) is 3.66. The summed E-state index contributed by atoms with van der Waals surface area (Å²) in [4.78, 5) is 24.1. The van der Waals surface area contributed by atoms with Gasteiger partial charge in [-0.05, 0) is 19.8 Å². The maximum atomic E-state index is 12.1. The first-order chi connectivity index (χ1) is 8.70. The number of rotatable bonds is 5. The van der Waals surface area contributed by atoms with Crippen LogP contribution in [-0.2, 0) is 6.42 Å². The quantitative estimate of drug-likeness (QED) is 0.872. The Bertz CT molecular complexity index is 518. The molecule has 0 aliphatic rings. The van der Waals surface area contributed by atoms with E-state index in [4.69, 9.17) is 0 Å². The van der Waals surface area contributed by atoms with Crippen LogP contribution in [0, 0.1) is 6.92 Å². The number of aromatic amines is 1. The van der Waals surface area contributed by atoms with Crippen LogP contribution < -0.4 is 5.32 Å². The molecule has 0 unspecified atom stereocenters. The van der Waals surface area contributed by atoms with E-state index in [1.165, 1.54) is 11.3 Å². The van der Waals surface area contributed by atoms with Crippen LogP contribution in [-0.4, -0.2) is 20.9 Å². The van der Waals surface area contributed by atoms with Crippen molar-refractivity contribution in [2.24, 2.45) is 0 Å². The first-order valence-electron chi connectivity index (χ1n) is 5.97. The van der Waals surface area contributed by atoms with Crippen molar-refractivity contribution < 1.29 is 4.79 Å². The normalized spacial score (nSPS) is 10.6. The smallest absolute Gasteiger partial charge is 0.269 e. The minimum atomic E-state index is -0.137. The van der Waals surface area contributed by atoms with Crippen molar-refractivity contribution in [1.82, 2.24) is 15.0 Å². The highest BCUT2D eigenvalue weighted by molar-refractivity contribution is 7.13. The van der Waals surface area contributed by atoms with Gasteiger partial charge in [0, 0.05) is 12.4 Å². The number of hydrogen-bond donors (Lipinski definition) is 2. The number of carbonyl (C=O) groups excluding carboxylic acids is 1. The SMILES string of the molecule is CCCCc1nc(C)sc1C(=O)Nc1ncc[nH]1. The summed E-state index contributed by atoms with van der Waals surface area (Å²) in [7, 11) is 0.